The van der Waals surface area contributed by atoms with Gasteiger partial charge >= 0.3 is 19.5 Å². The normalized spacial score (nSPS) is 18.2. The second kappa shape index (κ2) is 6.82. The third-order valence-electron chi connectivity index (χ3n) is 6.83. The van der Waals surface area contributed by atoms with Crippen LogP contribution in [-0.2, 0) is 19.5 Å². The smallest absolute Gasteiger partial charge is 0.342 e. The van der Waals surface area contributed by atoms with Crippen LogP contribution in [0.2, 0.25) is 13.1 Å². The Kier molecular flexibility index (Phi) is 4.79. The van der Waals surface area contributed by atoms with E-state index in [0.717, 1.165) is 0 Å². The average Bonchev–Trinajstić information content (AvgIpc) is 2.95. The molecule has 0 bridgehead atoms. The Bertz CT molecular complexity index is 1120. The van der Waals surface area contributed by atoms with Crippen LogP contribution in [0.25, 0.3) is 0 Å². The Morgan fingerprint density at radius 3 is 2.24 bits per heavy atom. The second-order valence-electron chi connectivity index (χ2n) is 8.76. The van der Waals surface area contributed by atoms with Crippen LogP contribution in [0.1, 0.15) is 23.6 Å². The summed E-state index contributed by atoms with van der Waals surface area (Å²) in [7, 11) is -1.79. The molecule has 0 saturated carbocycles. The van der Waals surface area contributed by atoms with Crippen molar-refractivity contribution in [2.75, 3.05) is 9.80 Å². The van der Waals surface area contributed by atoms with Crippen molar-refractivity contribution >= 4 is 41.2 Å². The number of rotatable bonds is 1. The number of para-hydroxylation sites is 2. The van der Waals surface area contributed by atoms with E-state index in [9.17, 15) is 0 Å². The first-order chi connectivity index (χ1) is 13.3. The number of fused-ring (bicyclic) bond motifs is 2. The van der Waals surface area contributed by atoms with Crippen LogP contribution in [0, 0.1) is 26.8 Å². The summed E-state index contributed by atoms with van der Waals surface area (Å²) in [5, 5.41) is 3.05. The van der Waals surface area contributed by atoms with Crippen molar-refractivity contribution in [3.63, 3.8) is 0 Å². The Morgan fingerprint density at radius 1 is 0.828 bits per heavy atom. The fraction of sp³-hybridized carbons (Fsp3) is 0.280. The van der Waals surface area contributed by atoms with Crippen LogP contribution in [0.3, 0.4) is 0 Å². The molecule has 149 valence electrons. The number of aryl methyl sites for hydroxylation is 2. The van der Waals surface area contributed by atoms with Gasteiger partial charge in [-0.1, -0.05) is 63.0 Å². The average molecular weight is 485 g/mol. The summed E-state index contributed by atoms with van der Waals surface area (Å²) < 4.78 is 0. The molecule has 0 aliphatic carbocycles. The molecular weight excluding hydrogens is 457 g/mol. The number of benzene rings is 3. The summed E-state index contributed by atoms with van der Waals surface area (Å²) >= 11 is 0. The van der Waals surface area contributed by atoms with Crippen LogP contribution < -0.4 is 20.2 Å². The maximum atomic E-state index is 3.54. The number of hydrogen-bond donors (Lipinski definition) is 0. The minimum atomic E-state index is -1.79. The zero-order valence-electron chi connectivity index (χ0n) is 17.9. The van der Waals surface area contributed by atoms with Crippen molar-refractivity contribution in [3.05, 3.63) is 71.3 Å². The molecule has 2 aliphatic heterocycles. The summed E-state index contributed by atoms with van der Waals surface area (Å²) in [6.07, 6.45) is 0.238. The van der Waals surface area contributed by atoms with E-state index in [1.807, 2.05) is 0 Å². The van der Waals surface area contributed by atoms with Crippen LogP contribution in [0.15, 0.2) is 48.5 Å². The van der Waals surface area contributed by atoms with Crippen molar-refractivity contribution < 1.29 is 19.5 Å². The Morgan fingerprint density at radius 2 is 1.52 bits per heavy atom. The molecule has 29 heavy (non-hydrogen) atoms. The van der Waals surface area contributed by atoms with Gasteiger partial charge in [0.05, 0.1) is 19.4 Å². The predicted octanol–water partition coefficient (Wildman–Crippen LogP) is 5.18. The minimum Gasteiger partial charge on any atom is -0.342 e. The largest absolute Gasteiger partial charge is 1.00 e. The van der Waals surface area contributed by atoms with E-state index < -0.39 is 8.07 Å². The monoisotopic (exact) mass is 485 g/mol. The van der Waals surface area contributed by atoms with Crippen molar-refractivity contribution in [3.8, 4) is 0 Å². The maximum Gasteiger partial charge on any atom is 1.00 e. The van der Waals surface area contributed by atoms with Gasteiger partial charge in [0, 0.05) is 5.69 Å². The van der Waals surface area contributed by atoms with E-state index in [1.165, 1.54) is 49.8 Å². The standard InChI is InChI=1S/C25H27N2Si.Ru/c1-16-14-15-23-24(18(16)3)27-19(4)26(20-11-8-7-10-17(20)2)21-12-9-13-22(25(21)27)28(23,5)6;/h7-13,15,19H,1-6H3;/q-1;+1/t19-;/m1./s1. The summed E-state index contributed by atoms with van der Waals surface area (Å²) in [5.41, 5.74) is 9.44. The SMILES string of the molecule is Cc1[c-]cc2c(c1C)N1c3c(cccc3[Si]2(C)C)N(c2ccccc2C)[C@H]1C.[Ru+]. The van der Waals surface area contributed by atoms with Gasteiger partial charge in [-0.05, 0) is 36.7 Å². The summed E-state index contributed by atoms with van der Waals surface area (Å²) in [6, 6.07) is 21.5. The predicted molar refractivity (Wildman–Crippen MR) is 123 cm³/mol. The number of nitrogens with zero attached hydrogens (tertiary/aromatic N) is 2. The van der Waals surface area contributed by atoms with Gasteiger partial charge in [0.1, 0.15) is 6.17 Å². The Hall–Kier alpha value is -1.90. The van der Waals surface area contributed by atoms with Gasteiger partial charge in [-0.3, -0.25) is 0 Å². The van der Waals surface area contributed by atoms with Gasteiger partial charge in [-0.25, -0.2) is 0 Å². The van der Waals surface area contributed by atoms with E-state index in [2.05, 4.69) is 105 Å². The van der Waals surface area contributed by atoms with Gasteiger partial charge in [0.2, 0.25) is 0 Å². The molecule has 1 atom stereocenters. The van der Waals surface area contributed by atoms with E-state index in [-0.39, 0.29) is 25.6 Å². The van der Waals surface area contributed by atoms with Crippen molar-refractivity contribution in [1.82, 2.24) is 0 Å². The molecule has 0 N–H and O–H groups in total. The zero-order chi connectivity index (χ0) is 19.8. The first-order valence-corrected chi connectivity index (χ1v) is 13.1. The first-order valence-electron chi connectivity index (χ1n) is 10.1. The molecule has 0 saturated heterocycles. The topological polar surface area (TPSA) is 6.48 Å². The van der Waals surface area contributed by atoms with E-state index in [1.54, 1.807) is 0 Å². The van der Waals surface area contributed by atoms with E-state index in [4.69, 9.17) is 0 Å². The summed E-state index contributed by atoms with van der Waals surface area (Å²) in [5.74, 6) is 0. The molecular formula is C25H27N2RuSi. The van der Waals surface area contributed by atoms with Crippen LogP contribution in [-0.4, -0.2) is 14.2 Å². The van der Waals surface area contributed by atoms with E-state index >= 15 is 0 Å². The second-order valence-corrected chi connectivity index (χ2v) is 13.1. The molecule has 0 aromatic heterocycles. The van der Waals surface area contributed by atoms with Crippen molar-refractivity contribution in [1.29, 1.82) is 0 Å². The van der Waals surface area contributed by atoms with Gasteiger partial charge in [0.15, 0.2) is 0 Å². The van der Waals surface area contributed by atoms with Crippen LogP contribution in [0.5, 0.6) is 0 Å². The Balaban J connectivity index is 0.00000205. The third kappa shape index (κ3) is 2.62. The van der Waals surface area contributed by atoms with Crippen LogP contribution in [0.4, 0.5) is 22.7 Å². The number of hydrogen-bond acceptors (Lipinski definition) is 2. The summed E-state index contributed by atoms with van der Waals surface area (Å²) in [6.45, 7) is 14.0. The van der Waals surface area contributed by atoms with Gasteiger partial charge in [-0.2, -0.15) is 17.7 Å². The van der Waals surface area contributed by atoms with Crippen molar-refractivity contribution in [2.24, 2.45) is 0 Å². The van der Waals surface area contributed by atoms with Crippen LogP contribution >= 0.6 is 0 Å². The molecule has 0 amide bonds. The maximum absolute atomic E-state index is 3.54. The molecule has 3 aromatic carbocycles. The minimum absolute atomic E-state index is 0. The van der Waals surface area contributed by atoms with E-state index in [0.29, 0.717) is 0 Å². The molecule has 2 heterocycles. The number of anilines is 4. The third-order valence-corrected chi connectivity index (χ3v) is 10.3. The molecule has 0 fully saturated rings. The molecule has 5 rings (SSSR count). The quantitative estimate of drug-likeness (QED) is 0.347. The molecule has 3 aromatic rings. The molecule has 0 unspecified atom stereocenters. The molecule has 2 nitrogen and oxygen atoms in total. The van der Waals surface area contributed by atoms with Gasteiger partial charge in [0.25, 0.3) is 0 Å². The fourth-order valence-electron chi connectivity index (χ4n) is 5.12. The van der Waals surface area contributed by atoms with Gasteiger partial charge < -0.3 is 9.80 Å². The molecule has 4 heteroatoms. The Labute approximate surface area is 188 Å². The summed E-state index contributed by atoms with van der Waals surface area (Å²) in [4.78, 5) is 5.13. The molecule has 0 spiro atoms. The first kappa shape index (κ1) is 20.4. The fourth-order valence-corrected chi connectivity index (χ4v) is 8.10. The van der Waals surface area contributed by atoms with Crippen molar-refractivity contribution in [2.45, 2.75) is 47.0 Å². The molecule has 1 radical (unpaired) electrons. The molecule has 2 aliphatic rings. The zero-order valence-corrected chi connectivity index (χ0v) is 20.7. The van der Waals surface area contributed by atoms with Gasteiger partial charge in [-0.15, -0.1) is 10.8 Å².